The van der Waals surface area contributed by atoms with Crippen LogP contribution in [0.1, 0.15) is 36.4 Å². The normalized spacial score (nSPS) is 25.8. The van der Waals surface area contributed by atoms with Gasteiger partial charge in [-0.1, -0.05) is 5.16 Å². The van der Waals surface area contributed by atoms with Gasteiger partial charge in [0.2, 0.25) is 0 Å². The van der Waals surface area contributed by atoms with E-state index in [-0.39, 0.29) is 12.0 Å². The molecule has 4 rings (SSSR count). The Labute approximate surface area is 152 Å². The molecular weight excluding hydrogens is 332 g/mol. The van der Waals surface area contributed by atoms with Crippen molar-refractivity contribution in [3.05, 3.63) is 41.5 Å². The van der Waals surface area contributed by atoms with Gasteiger partial charge in [-0.3, -0.25) is 14.7 Å². The second-order valence-electron chi connectivity index (χ2n) is 7.12. The van der Waals surface area contributed by atoms with Crippen molar-refractivity contribution in [2.24, 2.45) is 0 Å². The lowest BCUT2D eigenvalue weighted by molar-refractivity contribution is -0.138. The smallest absolute Gasteiger partial charge is 0.253 e. The standard InChI is InChI=1S/C19H24N4O3/c1-12-10-14(22-26-12)11-23-9-7-17-16(23)5-6-18(25-17)19(24)21-15-4-3-8-20-13(15)2/h3-4,8,10,16-18H,5-7,9,11H2,1-2H3,(H,21,24)/t16-,17-,18+/m1/s1. The first-order chi connectivity index (χ1) is 12.6. The average Bonchev–Trinajstić information content (AvgIpc) is 3.23. The third-order valence-corrected chi connectivity index (χ3v) is 5.26. The van der Waals surface area contributed by atoms with E-state index in [4.69, 9.17) is 9.26 Å². The Bertz CT molecular complexity index is 791. The topological polar surface area (TPSA) is 80.5 Å². The molecule has 4 heterocycles. The molecule has 2 aromatic heterocycles. The van der Waals surface area contributed by atoms with E-state index in [1.165, 1.54) is 0 Å². The summed E-state index contributed by atoms with van der Waals surface area (Å²) in [7, 11) is 0. The van der Waals surface area contributed by atoms with E-state index in [2.05, 4.69) is 20.4 Å². The Kier molecular flexibility index (Phi) is 4.74. The second-order valence-corrected chi connectivity index (χ2v) is 7.12. The number of aromatic nitrogens is 2. The Morgan fingerprint density at radius 2 is 2.23 bits per heavy atom. The van der Waals surface area contributed by atoms with Crippen LogP contribution in [0.25, 0.3) is 0 Å². The maximum atomic E-state index is 12.6. The van der Waals surface area contributed by atoms with E-state index >= 15 is 0 Å². The van der Waals surface area contributed by atoms with Crippen LogP contribution in [0.5, 0.6) is 0 Å². The van der Waals surface area contributed by atoms with Crippen LogP contribution in [0.2, 0.25) is 0 Å². The van der Waals surface area contributed by atoms with E-state index in [9.17, 15) is 4.79 Å². The third-order valence-electron chi connectivity index (χ3n) is 5.26. The summed E-state index contributed by atoms with van der Waals surface area (Å²) in [5.41, 5.74) is 2.51. The Hall–Kier alpha value is -2.25. The van der Waals surface area contributed by atoms with E-state index in [1.807, 2.05) is 32.0 Å². The number of likely N-dealkylation sites (tertiary alicyclic amines) is 1. The predicted molar refractivity (Wildman–Crippen MR) is 95.6 cm³/mol. The molecular formula is C19H24N4O3. The van der Waals surface area contributed by atoms with Gasteiger partial charge < -0.3 is 14.6 Å². The summed E-state index contributed by atoms with van der Waals surface area (Å²) in [5.74, 6) is 0.753. The van der Waals surface area contributed by atoms with Crippen molar-refractivity contribution in [3.8, 4) is 0 Å². The molecule has 2 saturated heterocycles. The van der Waals surface area contributed by atoms with Crippen molar-refractivity contribution in [2.75, 3.05) is 11.9 Å². The first kappa shape index (κ1) is 17.2. The highest BCUT2D eigenvalue weighted by atomic mass is 16.5. The summed E-state index contributed by atoms with van der Waals surface area (Å²) in [6, 6.07) is 6.00. The van der Waals surface area contributed by atoms with Gasteiger partial charge >= 0.3 is 0 Å². The Morgan fingerprint density at radius 3 is 3.00 bits per heavy atom. The van der Waals surface area contributed by atoms with E-state index < -0.39 is 6.10 Å². The van der Waals surface area contributed by atoms with Crippen LogP contribution in [0.4, 0.5) is 5.69 Å². The summed E-state index contributed by atoms with van der Waals surface area (Å²) in [6.45, 7) is 5.51. The zero-order chi connectivity index (χ0) is 18.1. The van der Waals surface area contributed by atoms with Gasteiger partial charge in [0, 0.05) is 31.4 Å². The molecule has 2 aliphatic heterocycles. The number of fused-ring (bicyclic) bond motifs is 1. The summed E-state index contributed by atoms with van der Waals surface area (Å²) >= 11 is 0. The lowest BCUT2D eigenvalue weighted by Gasteiger charge is -2.35. The van der Waals surface area contributed by atoms with Crippen molar-refractivity contribution in [3.63, 3.8) is 0 Å². The second kappa shape index (κ2) is 7.17. The maximum absolute atomic E-state index is 12.6. The lowest BCUT2D eigenvalue weighted by Crippen LogP contribution is -2.46. The highest BCUT2D eigenvalue weighted by Gasteiger charge is 2.41. The minimum absolute atomic E-state index is 0.0786. The Balaban J connectivity index is 1.35. The number of rotatable bonds is 4. The van der Waals surface area contributed by atoms with E-state index in [0.29, 0.717) is 6.04 Å². The van der Waals surface area contributed by atoms with E-state index in [1.54, 1.807) is 6.20 Å². The molecule has 0 unspecified atom stereocenters. The molecule has 2 aromatic rings. The average molecular weight is 356 g/mol. The van der Waals surface area contributed by atoms with Gasteiger partial charge in [-0.2, -0.15) is 0 Å². The maximum Gasteiger partial charge on any atom is 0.253 e. The number of hydrogen-bond acceptors (Lipinski definition) is 6. The van der Waals surface area contributed by atoms with Crippen molar-refractivity contribution >= 4 is 11.6 Å². The molecule has 2 aliphatic rings. The van der Waals surface area contributed by atoms with Gasteiger partial charge in [0.05, 0.1) is 23.2 Å². The lowest BCUT2D eigenvalue weighted by atomic mass is 9.98. The molecule has 0 saturated carbocycles. The molecule has 0 radical (unpaired) electrons. The number of aryl methyl sites for hydroxylation is 2. The molecule has 1 amide bonds. The van der Waals surface area contributed by atoms with Crippen molar-refractivity contribution < 1.29 is 14.1 Å². The van der Waals surface area contributed by atoms with Gasteiger partial charge in [0.1, 0.15) is 11.9 Å². The monoisotopic (exact) mass is 356 g/mol. The molecule has 0 spiro atoms. The van der Waals surface area contributed by atoms with Crippen molar-refractivity contribution in [1.82, 2.24) is 15.0 Å². The van der Waals surface area contributed by atoms with Crippen LogP contribution < -0.4 is 5.32 Å². The molecule has 26 heavy (non-hydrogen) atoms. The highest BCUT2D eigenvalue weighted by molar-refractivity contribution is 5.94. The fourth-order valence-corrected chi connectivity index (χ4v) is 3.93. The molecule has 2 fully saturated rings. The number of nitrogens with one attached hydrogen (secondary N) is 1. The predicted octanol–water partition coefficient (Wildman–Crippen LogP) is 2.45. The summed E-state index contributed by atoms with van der Waals surface area (Å²) in [5, 5.41) is 7.04. The fourth-order valence-electron chi connectivity index (χ4n) is 3.93. The van der Waals surface area contributed by atoms with Gasteiger partial charge in [0.15, 0.2) is 0 Å². The molecule has 0 bridgehead atoms. The van der Waals surface area contributed by atoms with Crippen LogP contribution in [0.15, 0.2) is 28.9 Å². The van der Waals surface area contributed by atoms with Crippen LogP contribution >= 0.6 is 0 Å². The fraction of sp³-hybridized carbons (Fsp3) is 0.526. The summed E-state index contributed by atoms with van der Waals surface area (Å²) in [6.07, 6.45) is 4.03. The van der Waals surface area contributed by atoms with Crippen LogP contribution in [-0.2, 0) is 16.1 Å². The molecule has 0 aromatic carbocycles. The van der Waals surface area contributed by atoms with Crippen LogP contribution in [0.3, 0.4) is 0 Å². The number of carbonyl (C=O) groups is 1. The molecule has 1 N–H and O–H groups in total. The number of carbonyl (C=O) groups excluding carboxylic acids is 1. The Morgan fingerprint density at radius 1 is 1.35 bits per heavy atom. The van der Waals surface area contributed by atoms with Crippen molar-refractivity contribution in [1.29, 1.82) is 0 Å². The number of anilines is 1. The number of nitrogens with zero attached hydrogens (tertiary/aromatic N) is 3. The summed E-state index contributed by atoms with van der Waals surface area (Å²) < 4.78 is 11.3. The number of amides is 1. The van der Waals surface area contributed by atoms with Gasteiger partial charge in [-0.25, -0.2) is 0 Å². The summed E-state index contributed by atoms with van der Waals surface area (Å²) in [4.78, 5) is 19.2. The molecule has 138 valence electrons. The van der Waals surface area contributed by atoms with E-state index in [0.717, 1.165) is 55.2 Å². The largest absolute Gasteiger partial charge is 0.363 e. The van der Waals surface area contributed by atoms with Crippen molar-refractivity contribution in [2.45, 2.75) is 57.9 Å². The molecule has 0 aliphatic carbocycles. The first-order valence-electron chi connectivity index (χ1n) is 9.14. The molecule has 3 atom stereocenters. The third kappa shape index (κ3) is 3.50. The molecule has 7 nitrogen and oxygen atoms in total. The SMILES string of the molecule is Cc1cc(CN2CC[C@H]3O[C@H](C(=O)Nc4cccnc4C)CC[C@H]32)no1. The molecule has 7 heteroatoms. The van der Waals surface area contributed by atoms with Crippen LogP contribution in [0, 0.1) is 13.8 Å². The van der Waals surface area contributed by atoms with Gasteiger partial charge in [-0.05, 0) is 45.2 Å². The van der Waals surface area contributed by atoms with Gasteiger partial charge in [-0.15, -0.1) is 0 Å². The highest BCUT2D eigenvalue weighted by Crippen LogP contribution is 2.33. The number of hydrogen-bond donors (Lipinski definition) is 1. The number of pyridine rings is 1. The zero-order valence-corrected chi connectivity index (χ0v) is 15.1. The minimum atomic E-state index is -0.398. The quantitative estimate of drug-likeness (QED) is 0.906. The zero-order valence-electron chi connectivity index (χ0n) is 15.1. The van der Waals surface area contributed by atoms with Crippen LogP contribution in [-0.4, -0.2) is 45.7 Å². The first-order valence-corrected chi connectivity index (χ1v) is 9.14. The number of ether oxygens (including phenoxy) is 1. The van der Waals surface area contributed by atoms with Gasteiger partial charge in [0.25, 0.3) is 5.91 Å². The minimum Gasteiger partial charge on any atom is -0.363 e.